The van der Waals surface area contributed by atoms with Crippen molar-refractivity contribution in [3.63, 3.8) is 0 Å². The first-order chi connectivity index (χ1) is 3.31. The van der Waals surface area contributed by atoms with E-state index in [-0.39, 0.29) is 0 Å². The Morgan fingerprint density at radius 2 is 2.43 bits per heavy atom. The van der Waals surface area contributed by atoms with E-state index < -0.39 is 0 Å². The Morgan fingerprint density at radius 1 is 1.86 bits per heavy atom. The Morgan fingerprint density at radius 3 is 2.57 bits per heavy atom. The first-order valence-electron chi connectivity index (χ1n) is 1.90. The van der Waals surface area contributed by atoms with Crippen molar-refractivity contribution in [2.24, 2.45) is 10.7 Å². The first kappa shape index (κ1) is 6.27. The van der Waals surface area contributed by atoms with Crippen LogP contribution in [0.25, 0.3) is 0 Å². The highest BCUT2D eigenvalue weighted by atomic mass is 14.6. The highest BCUT2D eigenvalue weighted by molar-refractivity contribution is 6.32. The summed E-state index contributed by atoms with van der Waals surface area (Å²) in [5.74, 6) is 0. The molecule has 0 aliphatic heterocycles. The molecule has 0 atom stereocenters. The highest BCUT2D eigenvalue weighted by Crippen LogP contribution is 1.72. The molecule has 0 rings (SSSR count). The van der Waals surface area contributed by atoms with Crippen molar-refractivity contribution in [1.82, 2.24) is 0 Å². The van der Waals surface area contributed by atoms with Crippen LogP contribution in [0.5, 0.6) is 0 Å². The van der Waals surface area contributed by atoms with Gasteiger partial charge in [0.15, 0.2) is 0 Å². The van der Waals surface area contributed by atoms with E-state index in [0.717, 1.165) is 0 Å². The first-order valence-corrected chi connectivity index (χ1v) is 1.90. The van der Waals surface area contributed by atoms with Crippen molar-refractivity contribution in [3.05, 3.63) is 11.7 Å². The third kappa shape index (κ3) is 3.10. The van der Waals surface area contributed by atoms with Crippen LogP contribution in [0.4, 0.5) is 0 Å². The van der Waals surface area contributed by atoms with Gasteiger partial charge in [0.25, 0.3) is 0 Å². The molecular weight excluding hydrogens is 86.9 g/mol. The van der Waals surface area contributed by atoms with Crippen LogP contribution in [0.15, 0.2) is 16.7 Å². The number of nitrogens with two attached hydrogens (primary N) is 1. The van der Waals surface area contributed by atoms with Crippen LogP contribution in [0.2, 0.25) is 0 Å². The number of allylic oxidation sites excluding steroid dienone is 1. The number of rotatable bonds is 1. The molecular formula is C4H7BN2. The smallest absolute Gasteiger partial charge is 0.117 e. The van der Waals surface area contributed by atoms with Crippen LogP contribution >= 0.6 is 0 Å². The van der Waals surface area contributed by atoms with Gasteiger partial charge >= 0.3 is 0 Å². The van der Waals surface area contributed by atoms with Crippen molar-refractivity contribution in [2.45, 2.75) is 0 Å². The molecule has 2 N–H and O–H groups in total. The molecule has 0 aromatic carbocycles. The minimum Gasteiger partial charge on any atom is -0.405 e. The molecule has 0 unspecified atom stereocenters. The van der Waals surface area contributed by atoms with Gasteiger partial charge in [0, 0.05) is 13.3 Å². The molecule has 0 heterocycles. The maximum Gasteiger partial charge on any atom is 0.117 e. The summed E-state index contributed by atoms with van der Waals surface area (Å²) in [5.41, 5.74) is 5.47. The van der Waals surface area contributed by atoms with Gasteiger partial charge in [-0.2, -0.15) is 0 Å². The van der Waals surface area contributed by atoms with Crippen LogP contribution in [0, 0.1) is 0 Å². The van der Waals surface area contributed by atoms with Crippen molar-refractivity contribution < 1.29 is 0 Å². The second kappa shape index (κ2) is 3.46. The van der Waals surface area contributed by atoms with E-state index in [4.69, 9.17) is 13.6 Å². The van der Waals surface area contributed by atoms with Gasteiger partial charge in [0.05, 0.1) is 0 Å². The molecule has 0 bridgehead atoms. The maximum absolute atomic E-state index is 5.17. The van der Waals surface area contributed by atoms with Crippen molar-refractivity contribution >= 4 is 14.1 Å². The second-order valence-electron chi connectivity index (χ2n) is 1.05. The topological polar surface area (TPSA) is 38.4 Å². The largest absolute Gasteiger partial charge is 0.405 e. The lowest BCUT2D eigenvalue weighted by Gasteiger charge is -1.81. The van der Waals surface area contributed by atoms with E-state index in [9.17, 15) is 0 Å². The van der Waals surface area contributed by atoms with Crippen LogP contribution in [0.3, 0.4) is 0 Å². The second-order valence-corrected chi connectivity index (χ2v) is 1.05. The van der Waals surface area contributed by atoms with E-state index in [0.29, 0.717) is 5.47 Å². The fraction of sp³-hybridized carbons (Fsp3) is 0.250. The van der Waals surface area contributed by atoms with Crippen LogP contribution in [-0.4, -0.2) is 21.1 Å². The summed E-state index contributed by atoms with van der Waals surface area (Å²) in [5, 5.41) is 0. The lowest BCUT2D eigenvalue weighted by atomic mass is 9.99. The minimum absolute atomic E-state index is 0.488. The fourth-order valence-electron chi connectivity index (χ4n) is 0.192. The number of nitrogens with zero attached hydrogens (tertiary/aromatic N) is 1. The summed E-state index contributed by atoms with van der Waals surface area (Å²) in [4.78, 5) is 3.61. The molecule has 0 fully saturated rings. The Kier molecular flexibility index (Phi) is 3.11. The Bertz CT molecular complexity index is 95.9. The molecule has 0 spiro atoms. The average Bonchev–Trinajstić information content (AvgIpc) is 1.68. The van der Waals surface area contributed by atoms with Crippen molar-refractivity contribution in [1.29, 1.82) is 0 Å². The predicted molar refractivity (Wildman–Crippen MR) is 32.4 cm³/mol. The lowest BCUT2D eigenvalue weighted by Crippen LogP contribution is -1.88. The molecule has 0 aliphatic rings. The fourth-order valence-corrected chi connectivity index (χ4v) is 0.192. The Labute approximate surface area is 44.5 Å². The molecule has 2 radical (unpaired) electrons. The quantitative estimate of drug-likeness (QED) is 0.350. The summed E-state index contributed by atoms with van der Waals surface area (Å²) in [7, 11) is 6.81. The minimum atomic E-state index is 0.488. The van der Waals surface area contributed by atoms with Gasteiger partial charge in [-0.15, -0.1) is 0 Å². The van der Waals surface area contributed by atoms with Gasteiger partial charge in [-0.05, 0) is 6.20 Å². The van der Waals surface area contributed by atoms with Gasteiger partial charge < -0.3 is 5.73 Å². The molecule has 2 nitrogen and oxygen atoms in total. The molecule has 0 saturated carbocycles. The van der Waals surface area contributed by atoms with Crippen LogP contribution < -0.4 is 5.73 Å². The van der Waals surface area contributed by atoms with Crippen LogP contribution in [0.1, 0.15) is 0 Å². The Balaban J connectivity index is 3.58. The van der Waals surface area contributed by atoms with Gasteiger partial charge in [-0.1, -0.05) is 5.47 Å². The molecule has 0 aliphatic carbocycles. The average molecular weight is 93.9 g/mol. The Hall–Kier alpha value is -0.725. The molecule has 0 amide bonds. The zero-order chi connectivity index (χ0) is 5.70. The van der Waals surface area contributed by atoms with Gasteiger partial charge in [0.1, 0.15) is 7.85 Å². The summed E-state index contributed by atoms with van der Waals surface area (Å²) >= 11 is 0. The van der Waals surface area contributed by atoms with Crippen molar-refractivity contribution in [2.75, 3.05) is 7.05 Å². The summed E-state index contributed by atoms with van der Waals surface area (Å²) in [6, 6.07) is 0. The summed E-state index contributed by atoms with van der Waals surface area (Å²) < 4.78 is 0. The summed E-state index contributed by atoms with van der Waals surface area (Å²) in [6.07, 6.45) is 2.78. The van der Waals surface area contributed by atoms with E-state index >= 15 is 0 Å². The maximum atomic E-state index is 5.17. The third-order valence-corrected chi connectivity index (χ3v) is 0.471. The number of hydrogen-bond acceptors (Lipinski definition) is 2. The van der Waals surface area contributed by atoms with Gasteiger partial charge in [0.2, 0.25) is 0 Å². The number of aliphatic imine (C=N–C) groups is 1. The molecule has 0 aromatic rings. The normalized spacial score (nSPS) is 13.0. The highest BCUT2D eigenvalue weighted by Gasteiger charge is 1.71. The summed E-state index contributed by atoms with van der Waals surface area (Å²) in [6.45, 7) is 0. The monoisotopic (exact) mass is 94.1 g/mol. The molecule has 0 saturated heterocycles. The number of hydrogen-bond donors (Lipinski definition) is 1. The zero-order valence-electron chi connectivity index (χ0n) is 4.26. The molecule has 7 heavy (non-hydrogen) atoms. The van der Waals surface area contributed by atoms with Gasteiger partial charge in [-0.3, -0.25) is 4.99 Å². The van der Waals surface area contributed by atoms with Gasteiger partial charge in [-0.25, -0.2) is 0 Å². The zero-order valence-corrected chi connectivity index (χ0v) is 4.26. The predicted octanol–water partition coefficient (Wildman–Crippen LogP) is -0.344. The standard InChI is InChI=1S/C4H7BN2/c1-7-3-4(5)2-6/h2-3H,6H2,1H3. The van der Waals surface area contributed by atoms with E-state index in [1.54, 1.807) is 7.05 Å². The van der Waals surface area contributed by atoms with E-state index in [2.05, 4.69) is 4.99 Å². The third-order valence-electron chi connectivity index (χ3n) is 0.471. The van der Waals surface area contributed by atoms with E-state index in [1.165, 1.54) is 12.4 Å². The molecule has 36 valence electrons. The van der Waals surface area contributed by atoms with E-state index in [1.807, 2.05) is 0 Å². The SMILES string of the molecule is [B]C(C=NC)=CN. The molecule has 0 aromatic heterocycles. The van der Waals surface area contributed by atoms with Crippen LogP contribution in [-0.2, 0) is 0 Å². The van der Waals surface area contributed by atoms with Crippen molar-refractivity contribution in [3.8, 4) is 0 Å². The molecule has 3 heteroatoms. The lowest BCUT2D eigenvalue weighted by molar-refractivity contribution is 1.47.